The maximum atomic E-state index is 5.75. The summed E-state index contributed by atoms with van der Waals surface area (Å²) in [5.74, 6) is 0. The largest absolute Gasteiger partial charge is 0.237 e. The molecule has 0 saturated heterocycles. The molecule has 56 valence electrons. The molecule has 0 unspecified atom stereocenters. The Morgan fingerprint density at radius 2 is 1.78 bits per heavy atom. The van der Waals surface area contributed by atoms with Crippen LogP contribution in [0.2, 0.25) is 6.04 Å². The van der Waals surface area contributed by atoms with E-state index in [2.05, 4.69) is 20.8 Å². The molecular formula is C6H14Cl2Si. The van der Waals surface area contributed by atoms with E-state index >= 15 is 0 Å². The maximum Gasteiger partial charge on any atom is 0.237 e. The highest BCUT2D eigenvalue weighted by atomic mass is 35.7. The molecule has 0 saturated carbocycles. The molecule has 0 amide bonds. The molecule has 0 spiro atoms. The Bertz CT molecular complexity index is 81.1. The first-order valence-corrected chi connectivity index (χ1v) is 7.57. The third-order valence-corrected chi connectivity index (χ3v) is 4.00. The molecule has 0 aromatic heterocycles. The van der Waals surface area contributed by atoms with Crippen molar-refractivity contribution in [3.8, 4) is 0 Å². The summed E-state index contributed by atoms with van der Waals surface area (Å²) in [5.41, 5.74) is 0.361. The molecule has 9 heavy (non-hydrogen) atoms. The first kappa shape index (κ1) is 9.80. The Balaban J connectivity index is 3.58. The Morgan fingerprint density at radius 3 is 1.89 bits per heavy atom. The standard InChI is InChI=1S/C6H14Cl2Si/c1-4-6(2,3)5-9(7)8/h9H,4-5H2,1-3H3. The van der Waals surface area contributed by atoms with Crippen LogP contribution in [0.3, 0.4) is 0 Å². The van der Waals surface area contributed by atoms with Crippen molar-refractivity contribution < 1.29 is 0 Å². The lowest BCUT2D eigenvalue weighted by Gasteiger charge is -2.21. The van der Waals surface area contributed by atoms with Crippen LogP contribution in [0.15, 0.2) is 0 Å². The van der Waals surface area contributed by atoms with Crippen molar-refractivity contribution in [2.45, 2.75) is 33.2 Å². The molecule has 0 aliphatic rings. The van der Waals surface area contributed by atoms with Gasteiger partial charge in [0.15, 0.2) is 0 Å². The van der Waals surface area contributed by atoms with Crippen LogP contribution < -0.4 is 0 Å². The van der Waals surface area contributed by atoms with Gasteiger partial charge in [-0.2, -0.15) is 22.2 Å². The summed E-state index contributed by atoms with van der Waals surface area (Å²) in [6.07, 6.45) is 1.16. The second-order valence-corrected chi connectivity index (χ2v) is 8.13. The fraction of sp³-hybridized carbons (Fsp3) is 1.00. The van der Waals surface area contributed by atoms with Gasteiger partial charge in [0, 0.05) is 0 Å². The minimum Gasteiger partial charge on any atom is -0.150 e. The smallest absolute Gasteiger partial charge is 0.150 e. The van der Waals surface area contributed by atoms with E-state index in [1.54, 1.807) is 0 Å². The summed E-state index contributed by atoms with van der Waals surface area (Å²) in [6.45, 7) is 6.58. The fourth-order valence-corrected chi connectivity index (χ4v) is 4.19. The average Bonchev–Trinajstić information content (AvgIpc) is 1.63. The maximum absolute atomic E-state index is 5.75. The topological polar surface area (TPSA) is 0 Å². The Hall–Kier alpha value is 0.797. The van der Waals surface area contributed by atoms with Crippen LogP contribution in [0.4, 0.5) is 0 Å². The molecule has 0 nitrogen and oxygen atoms in total. The lowest BCUT2D eigenvalue weighted by Crippen LogP contribution is -2.13. The lowest BCUT2D eigenvalue weighted by atomic mass is 9.93. The molecule has 0 aliphatic heterocycles. The molecule has 0 atom stereocenters. The van der Waals surface area contributed by atoms with Crippen molar-refractivity contribution in [1.29, 1.82) is 0 Å². The molecule has 3 heteroatoms. The van der Waals surface area contributed by atoms with Crippen LogP contribution in [-0.4, -0.2) is 7.42 Å². The zero-order chi connectivity index (χ0) is 7.49. The highest BCUT2D eigenvalue weighted by Gasteiger charge is 2.19. The zero-order valence-corrected chi connectivity index (χ0v) is 8.91. The van der Waals surface area contributed by atoms with E-state index in [1.807, 2.05) is 0 Å². The highest BCUT2D eigenvalue weighted by Crippen LogP contribution is 2.28. The predicted octanol–water partition coefficient (Wildman–Crippen LogP) is 3.12. The minimum absolute atomic E-state index is 0.361. The van der Waals surface area contributed by atoms with Gasteiger partial charge >= 0.3 is 0 Å². The molecule has 0 bridgehead atoms. The summed E-state index contributed by atoms with van der Waals surface area (Å²) in [4.78, 5) is 0. The van der Waals surface area contributed by atoms with E-state index in [4.69, 9.17) is 22.2 Å². The molecule has 0 heterocycles. The van der Waals surface area contributed by atoms with Gasteiger partial charge in [0.05, 0.1) is 0 Å². The van der Waals surface area contributed by atoms with E-state index in [1.165, 1.54) is 0 Å². The number of rotatable bonds is 3. The molecule has 0 aromatic carbocycles. The van der Waals surface area contributed by atoms with Gasteiger partial charge < -0.3 is 0 Å². The Morgan fingerprint density at radius 1 is 1.33 bits per heavy atom. The van der Waals surface area contributed by atoms with E-state index in [0.29, 0.717) is 5.41 Å². The van der Waals surface area contributed by atoms with E-state index < -0.39 is 7.42 Å². The van der Waals surface area contributed by atoms with Crippen molar-refractivity contribution in [2.24, 2.45) is 5.41 Å². The summed E-state index contributed by atoms with van der Waals surface area (Å²) in [6, 6.07) is 1.02. The van der Waals surface area contributed by atoms with Gasteiger partial charge in [-0.15, -0.1) is 0 Å². The van der Waals surface area contributed by atoms with Crippen molar-refractivity contribution in [1.82, 2.24) is 0 Å². The molecule has 0 aromatic rings. The van der Waals surface area contributed by atoms with Crippen LogP contribution in [0.1, 0.15) is 27.2 Å². The van der Waals surface area contributed by atoms with Crippen molar-refractivity contribution in [3.63, 3.8) is 0 Å². The zero-order valence-electron chi connectivity index (χ0n) is 6.25. The lowest BCUT2D eigenvalue weighted by molar-refractivity contribution is 0.397. The van der Waals surface area contributed by atoms with E-state index in [9.17, 15) is 0 Å². The molecular weight excluding hydrogens is 171 g/mol. The molecule has 0 aliphatic carbocycles. The monoisotopic (exact) mass is 184 g/mol. The van der Waals surface area contributed by atoms with E-state index in [-0.39, 0.29) is 0 Å². The quantitative estimate of drug-likeness (QED) is 0.468. The number of hydrogen-bond donors (Lipinski definition) is 0. The van der Waals surface area contributed by atoms with Gasteiger partial charge in [-0.25, -0.2) is 0 Å². The predicted molar refractivity (Wildman–Crippen MR) is 47.7 cm³/mol. The second-order valence-electron chi connectivity index (χ2n) is 3.11. The van der Waals surface area contributed by atoms with Crippen LogP contribution in [0, 0.1) is 5.41 Å². The summed E-state index contributed by atoms with van der Waals surface area (Å²) >= 11 is 11.5. The SMILES string of the molecule is CCC(C)(C)C[SiH](Cl)Cl. The van der Waals surface area contributed by atoms with Gasteiger partial charge in [0.2, 0.25) is 7.42 Å². The summed E-state index contributed by atoms with van der Waals surface area (Å²) in [5, 5.41) is 0. The molecule has 0 N–H and O–H groups in total. The first-order chi connectivity index (χ1) is 3.98. The number of halogens is 2. The van der Waals surface area contributed by atoms with Crippen LogP contribution in [-0.2, 0) is 0 Å². The average molecular weight is 185 g/mol. The molecule has 0 rings (SSSR count). The van der Waals surface area contributed by atoms with Crippen LogP contribution >= 0.6 is 22.2 Å². The first-order valence-electron chi connectivity index (χ1n) is 3.26. The van der Waals surface area contributed by atoms with Gasteiger partial charge in [-0.05, 0) is 11.5 Å². The fourth-order valence-electron chi connectivity index (χ4n) is 0.562. The summed E-state index contributed by atoms with van der Waals surface area (Å²) in [7, 11) is -1.37. The van der Waals surface area contributed by atoms with Gasteiger partial charge in [0.25, 0.3) is 0 Å². The molecule has 0 radical (unpaired) electrons. The van der Waals surface area contributed by atoms with E-state index in [0.717, 1.165) is 12.5 Å². The van der Waals surface area contributed by atoms with Crippen molar-refractivity contribution in [2.75, 3.05) is 0 Å². The normalized spacial score (nSPS) is 12.7. The van der Waals surface area contributed by atoms with Crippen molar-refractivity contribution in [3.05, 3.63) is 0 Å². The Kier molecular flexibility index (Phi) is 4.18. The van der Waals surface area contributed by atoms with Gasteiger partial charge in [-0.3, -0.25) is 0 Å². The highest BCUT2D eigenvalue weighted by molar-refractivity contribution is 7.33. The Labute approximate surface area is 68.6 Å². The minimum atomic E-state index is -1.37. The van der Waals surface area contributed by atoms with Gasteiger partial charge in [0.1, 0.15) is 0 Å². The van der Waals surface area contributed by atoms with Crippen molar-refractivity contribution >= 4 is 29.6 Å². The number of hydrogen-bond acceptors (Lipinski definition) is 0. The van der Waals surface area contributed by atoms with Gasteiger partial charge in [-0.1, -0.05) is 27.2 Å². The third kappa shape index (κ3) is 5.25. The van der Waals surface area contributed by atoms with Crippen LogP contribution in [0.5, 0.6) is 0 Å². The second kappa shape index (κ2) is 3.84. The summed E-state index contributed by atoms with van der Waals surface area (Å²) < 4.78 is 0. The van der Waals surface area contributed by atoms with Crippen LogP contribution in [0.25, 0.3) is 0 Å². The molecule has 0 fully saturated rings. The third-order valence-electron chi connectivity index (χ3n) is 1.66.